The number of hydrogen-bond acceptors (Lipinski definition) is 3. The first kappa shape index (κ1) is 15.3. The number of pyridine rings is 1. The lowest BCUT2D eigenvalue weighted by atomic mass is 10.1. The normalized spacial score (nSPS) is 11.5. The van der Waals surface area contributed by atoms with Gasteiger partial charge in [0.25, 0.3) is 0 Å². The fourth-order valence-corrected chi connectivity index (χ4v) is 1.78. The Hall–Kier alpha value is -2.08. The average molecular weight is 296 g/mol. The van der Waals surface area contributed by atoms with Gasteiger partial charge in [-0.25, -0.2) is 4.98 Å². The van der Waals surface area contributed by atoms with Crippen LogP contribution in [0.1, 0.15) is 22.4 Å². The van der Waals surface area contributed by atoms with Crippen LogP contribution in [0.3, 0.4) is 0 Å². The van der Waals surface area contributed by atoms with Crippen LogP contribution in [0.2, 0.25) is 0 Å². The monoisotopic (exact) mass is 296 g/mol. The number of aryl methyl sites for hydroxylation is 1. The van der Waals surface area contributed by atoms with E-state index in [9.17, 15) is 13.2 Å². The summed E-state index contributed by atoms with van der Waals surface area (Å²) in [5.74, 6) is 0.414. The smallest absolute Gasteiger partial charge is 0.416 e. The van der Waals surface area contributed by atoms with E-state index in [-0.39, 0.29) is 13.2 Å². The maximum atomic E-state index is 12.5. The number of rotatable bonds is 4. The summed E-state index contributed by atoms with van der Waals surface area (Å²) in [7, 11) is 0. The highest BCUT2D eigenvalue weighted by atomic mass is 19.4. The van der Waals surface area contributed by atoms with Gasteiger partial charge >= 0.3 is 6.18 Å². The van der Waals surface area contributed by atoms with Crippen molar-refractivity contribution in [3.8, 4) is 5.88 Å². The van der Waals surface area contributed by atoms with Gasteiger partial charge in [-0.3, -0.25) is 0 Å². The summed E-state index contributed by atoms with van der Waals surface area (Å²) in [4.78, 5) is 4.23. The molecule has 0 spiro atoms. The molecule has 1 heterocycles. The first-order valence-electron chi connectivity index (χ1n) is 6.35. The SMILES string of the molecule is Cc1ccc(CN)c(OCc2ccc(C(F)(F)F)cc2)n1. The molecule has 0 saturated carbocycles. The number of nitrogens with zero attached hydrogens (tertiary/aromatic N) is 1. The lowest BCUT2D eigenvalue weighted by Crippen LogP contribution is -2.07. The molecular formula is C15H15F3N2O. The van der Waals surface area contributed by atoms with E-state index in [2.05, 4.69) is 4.98 Å². The van der Waals surface area contributed by atoms with Crippen molar-refractivity contribution >= 4 is 0 Å². The van der Waals surface area contributed by atoms with Crippen molar-refractivity contribution in [2.24, 2.45) is 5.73 Å². The first-order valence-corrected chi connectivity index (χ1v) is 6.35. The van der Waals surface area contributed by atoms with E-state index in [1.165, 1.54) is 12.1 Å². The number of halogens is 3. The molecule has 0 saturated heterocycles. The lowest BCUT2D eigenvalue weighted by Gasteiger charge is -2.11. The molecule has 2 aromatic rings. The van der Waals surface area contributed by atoms with E-state index in [1.54, 1.807) is 0 Å². The van der Waals surface area contributed by atoms with Crippen LogP contribution in [0.15, 0.2) is 36.4 Å². The fourth-order valence-electron chi connectivity index (χ4n) is 1.78. The third kappa shape index (κ3) is 3.95. The molecule has 112 valence electrons. The Morgan fingerprint density at radius 2 is 1.76 bits per heavy atom. The van der Waals surface area contributed by atoms with E-state index < -0.39 is 11.7 Å². The molecule has 2 N–H and O–H groups in total. The topological polar surface area (TPSA) is 48.1 Å². The van der Waals surface area contributed by atoms with Crippen LogP contribution in [0.25, 0.3) is 0 Å². The van der Waals surface area contributed by atoms with Crippen LogP contribution < -0.4 is 10.5 Å². The fraction of sp³-hybridized carbons (Fsp3) is 0.267. The van der Waals surface area contributed by atoms with Crippen LogP contribution >= 0.6 is 0 Å². The third-order valence-electron chi connectivity index (χ3n) is 2.96. The summed E-state index contributed by atoms with van der Waals surface area (Å²) in [6.07, 6.45) is -4.33. The molecule has 0 amide bonds. The van der Waals surface area contributed by atoms with Crippen LogP contribution in [0.4, 0.5) is 13.2 Å². The van der Waals surface area contributed by atoms with Crippen LogP contribution in [-0.2, 0) is 19.3 Å². The zero-order chi connectivity index (χ0) is 15.5. The summed E-state index contributed by atoms with van der Waals surface area (Å²) in [5.41, 5.74) is 7.09. The number of alkyl halides is 3. The average Bonchev–Trinajstić information content (AvgIpc) is 2.45. The van der Waals surface area contributed by atoms with Gasteiger partial charge < -0.3 is 10.5 Å². The number of benzene rings is 1. The van der Waals surface area contributed by atoms with Gasteiger partial charge in [0.05, 0.1) is 5.56 Å². The van der Waals surface area contributed by atoms with Crippen molar-refractivity contribution in [3.63, 3.8) is 0 Å². The number of ether oxygens (including phenoxy) is 1. The Morgan fingerprint density at radius 3 is 2.33 bits per heavy atom. The predicted octanol–water partition coefficient (Wildman–Crippen LogP) is 3.45. The Labute approximate surface area is 120 Å². The highest BCUT2D eigenvalue weighted by Crippen LogP contribution is 2.29. The van der Waals surface area contributed by atoms with Gasteiger partial charge in [0, 0.05) is 17.8 Å². The Kier molecular flexibility index (Phi) is 4.47. The van der Waals surface area contributed by atoms with Gasteiger partial charge in [-0.2, -0.15) is 13.2 Å². The van der Waals surface area contributed by atoms with Gasteiger partial charge in [-0.1, -0.05) is 18.2 Å². The van der Waals surface area contributed by atoms with Gasteiger partial charge in [0.2, 0.25) is 5.88 Å². The Balaban J connectivity index is 2.08. The first-order chi connectivity index (χ1) is 9.90. The second-order valence-electron chi connectivity index (χ2n) is 4.60. The second-order valence-corrected chi connectivity index (χ2v) is 4.60. The molecule has 0 aliphatic rings. The largest absolute Gasteiger partial charge is 0.473 e. The standard InChI is InChI=1S/C15H15F3N2O/c1-10-2-5-12(8-19)14(20-10)21-9-11-3-6-13(7-4-11)15(16,17)18/h2-7H,8-9,19H2,1H3. The Bertz CT molecular complexity index is 609. The molecule has 0 fully saturated rings. The van der Waals surface area contributed by atoms with E-state index in [0.717, 1.165) is 23.4 Å². The van der Waals surface area contributed by atoms with Gasteiger partial charge in [-0.05, 0) is 30.7 Å². The van der Waals surface area contributed by atoms with E-state index in [4.69, 9.17) is 10.5 Å². The summed E-state index contributed by atoms with van der Waals surface area (Å²) >= 11 is 0. The molecule has 0 radical (unpaired) electrons. The summed E-state index contributed by atoms with van der Waals surface area (Å²) < 4.78 is 42.9. The number of aromatic nitrogens is 1. The Morgan fingerprint density at radius 1 is 1.10 bits per heavy atom. The van der Waals surface area contributed by atoms with Gasteiger partial charge in [-0.15, -0.1) is 0 Å². The van der Waals surface area contributed by atoms with Crippen molar-refractivity contribution in [2.45, 2.75) is 26.3 Å². The quantitative estimate of drug-likeness (QED) is 0.940. The maximum Gasteiger partial charge on any atom is 0.416 e. The highest BCUT2D eigenvalue weighted by molar-refractivity contribution is 5.29. The van der Waals surface area contributed by atoms with Gasteiger partial charge in [0.1, 0.15) is 6.61 Å². The van der Waals surface area contributed by atoms with E-state index in [0.29, 0.717) is 11.4 Å². The molecule has 0 bridgehead atoms. The minimum absolute atomic E-state index is 0.140. The molecule has 0 aliphatic heterocycles. The lowest BCUT2D eigenvalue weighted by molar-refractivity contribution is -0.137. The molecule has 0 atom stereocenters. The van der Waals surface area contributed by atoms with Crippen molar-refractivity contribution in [1.29, 1.82) is 0 Å². The minimum atomic E-state index is -4.33. The minimum Gasteiger partial charge on any atom is -0.473 e. The molecule has 0 unspecified atom stereocenters. The van der Waals surface area contributed by atoms with Crippen LogP contribution in [-0.4, -0.2) is 4.98 Å². The summed E-state index contributed by atoms with van der Waals surface area (Å²) in [6, 6.07) is 8.50. The molecule has 3 nitrogen and oxygen atoms in total. The molecule has 1 aromatic carbocycles. The summed E-state index contributed by atoms with van der Waals surface area (Å²) in [5, 5.41) is 0. The van der Waals surface area contributed by atoms with Crippen molar-refractivity contribution in [1.82, 2.24) is 4.98 Å². The number of nitrogens with two attached hydrogens (primary N) is 1. The van der Waals surface area contributed by atoms with E-state index in [1.807, 2.05) is 19.1 Å². The van der Waals surface area contributed by atoms with Gasteiger partial charge in [0.15, 0.2) is 0 Å². The molecule has 1 aromatic heterocycles. The zero-order valence-electron chi connectivity index (χ0n) is 11.4. The molecule has 6 heteroatoms. The van der Waals surface area contributed by atoms with Crippen LogP contribution in [0, 0.1) is 6.92 Å². The predicted molar refractivity (Wildman–Crippen MR) is 72.6 cm³/mol. The van der Waals surface area contributed by atoms with Crippen molar-refractivity contribution in [2.75, 3.05) is 0 Å². The van der Waals surface area contributed by atoms with Crippen molar-refractivity contribution in [3.05, 3.63) is 58.8 Å². The van der Waals surface area contributed by atoms with E-state index >= 15 is 0 Å². The molecule has 21 heavy (non-hydrogen) atoms. The number of hydrogen-bond donors (Lipinski definition) is 1. The molecule has 2 rings (SSSR count). The molecule has 0 aliphatic carbocycles. The zero-order valence-corrected chi connectivity index (χ0v) is 11.4. The summed E-state index contributed by atoms with van der Waals surface area (Å²) in [6.45, 7) is 2.25. The maximum absolute atomic E-state index is 12.5. The second kappa shape index (κ2) is 6.13. The van der Waals surface area contributed by atoms with Crippen molar-refractivity contribution < 1.29 is 17.9 Å². The van der Waals surface area contributed by atoms with Crippen LogP contribution in [0.5, 0.6) is 5.88 Å². The third-order valence-corrected chi connectivity index (χ3v) is 2.96. The highest BCUT2D eigenvalue weighted by Gasteiger charge is 2.29. The molecular weight excluding hydrogens is 281 g/mol.